The minimum atomic E-state index is -0.783. The summed E-state index contributed by atoms with van der Waals surface area (Å²) >= 11 is 0. The molecule has 0 spiro atoms. The first-order valence-corrected chi connectivity index (χ1v) is 5.36. The molecule has 7 nitrogen and oxygen atoms in total. The third-order valence-corrected chi connectivity index (χ3v) is 1.58. The standard InChI is InChI=1S/C11H17NO6/c1-4-16-9(13)7-18-11(15)12-5-6-17-10(14)8(2)3/h2,4-7H2,1,3H3,(H,12,15). The fourth-order valence-corrected chi connectivity index (χ4v) is 0.798. The number of hydrogen-bond donors (Lipinski definition) is 1. The molecule has 0 aliphatic rings. The van der Waals surface area contributed by atoms with Gasteiger partial charge in [0, 0.05) is 5.57 Å². The van der Waals surface area contributed by atoms with Crippen molar-refractivity contribution in [3.05, 3.63) is 12.2 Å². The number of ether oxygens (including phenoxy) is 3. The normalized spacial score (nSPS) is 9.22. The van der Waals surface area contributed by atoms with Crippen molar-refractivity contribution in [1.29, 1.82) is 0 Å². The van der Waals surface area contributed by atoms with Crippen LogP contribution in [-0.2, 0) is 23.8 Å². The molecule has 0 atom stereocenters. The van der Waals surface area contributed by atoms with Crippen molar-refractivity contribution < 1.29 is 28.6 Å². The van der Waals surface area contributed by atoms with Gasteiger partial charge in [-0.3, -0.25) is 0 Å². The lowest BCUT2D eigenvalue weighted by Gasteiger charge is -2.07. The van der Waals surface area contributed by atoms with Crippen LogP contribution < -0.4 is 5.32 Å². The van der Waals surface area contributed by atoms with Gasteiger partial charge in [0.1, 0.15) is 6.61 Å². The lowest BCUT2D eigenvalue weighted by Crippen LogP contribution is -2.30. The summed E-state index contributed by atoms with van der Waals surface area (Å²) in [5.41, 5.74) is 0.278. The first-order valence-electron chi connectivity index (χ1n) is 5.36. The molecule has 0 saturated heterocycles. The van der Waals surface area contributed by atoms with Crippen LogP contribution in [0.2, 0.25) is 0 Å². The number of carbonyl (C=O) groups is 3. The summed E-state index contributed by atoms with van der Waals surface area (Å²) in [6.45, 7) is 6.42. The van der Waals surface area contributed by atoms with Gasteiger partial charge in [-0.2, -0.15) is 0 Å². The highest BCUT2D eigenvalue weighted by Crippen LogP contribution is 1.90. The molecule has 0 radical (unpaired) electrons. The molecule has 0 bridgehead atoms. The van der Waals surface area contributed by atoms with Crippen LogP contribution in [0.25, 0.3) is 0 Å². The highest BCUT2D eigenvalue weighted by Gasteiger charge is 2.07. The second-order valence-electron chi connectivity index (χ2n) is 3.22. The smallest absolute Gasteiger partial charge is 0.407 e. The fourth-order valence-electron chi connectivity index (χ4n) is 0.798. The van der Waals surface area contributed by atoms with Crippen LogP contribution in [0, 0.1) is 0 Å². The van der Waals surface area contributed by atoms with Gasteiger partial charge >= 0.3 is 18.0 Å². The molecule has 0 rings (SSSR count). The van der Waals surface area contributed by atoms with Crippen LogP contribution in [0.1, 0.15) is 13.8 Å². The summed E-state index contributed by atoms with van der Waals surface area (Å²) in [5, 5.41) is 2.30. The number of hydrogen-bond acceptors (Lipinski definition) is 6. The summed E-state index contributed by atoms with van der Waals surface area (Å²) < 4.78 is 13.8. The first kappa shape index (κ1) is 16.0. The minimum absolute atomic E-state index is 0.000198. The Kier molecular flexibility index (Phi) is 8.00. The molecule has 0 unspecified atom stereocenters. The van der Waals surface area contributed by atoms with Crippen molar-refractivity contribution >= 4 is 18.0 Å². The van der Waals surface area contributed by atoms with Gasteiger partial charge in [-0.05, 0) is 13.8 Å². The molecule has 0 aliphatic carbocycles. The van der Waals surface area contributed by atoms with Crippen molar-refractivity contribution in [3.8, 4) is 0 Å². The monoisotopic (exact) mass is 259 g/mol. The van der Waals surface area contributed by atoms with E-state index in [9.17, 15) is 14.4 Å². The summed E-state index contributed by atoms with van der Waals surface area (Å²) in [5.74, 6) is -1.15. The lowest BCUT2D eigenvalue weighted by atomic mass is 10.4. The van der Waals surface area contributed by atoms with Crippen LogP contribution in [0.15, 0.2) is 12.2 Å². The van der Waals surface area contributed by atoms with Gasteiger partial charge < -0.3 is 19.5 Å². The molecule has 0 saturated carbocycles. The zero-order valence-electron chi connectivity index (χ0n) is 10.5. The quantitative estimate of drug-likeness (QED) is 0.308. The maximum Gasteiger partial charge on any atom is 0.407 e. The van der Waals surface area contributed by atoms with E-state index >= 15 is 0 Å². The Bertz CT molecular complexity index is 325. The van der Waals surface area contributed by atoms with E-state index in [4.69, 9.17) is 4.74 Å². The predicted molar refractivity (Wildman–Crippen MR) is 61.8 cm³/mol. The predicted octanol–water partition coefficient (Wildman–Crippen LogP) is 0.395. The number of amides is 1. The molecular weight excluding hydrogens is 242 g/mol. The van der Waals surface area contributed by atoms with Gasteiger partial charge in [0.15, 0.2) is 6.61 Å². The third-order valence-electron chi connectivity index (χ3n) is 1.58. The van der Waals surface area contributed by atoms with Gasteiger partial charge in [0.2, 0.25) is 0 Å². The highest BCUT2D eigenvalue weighted by atomic mass is 16.6. The van der Waals surface area contributed by atoms with E-state index in [-0.39, 0.29) is 25.3 Å². The van der Waals surface area contributed by atoms with E-state index in [0.717, 1.165) is 0 Å². The molecule has 0 aromatic rings. The second-order valence-corrected chi connectivity index (χ2v) is 3.22. The summed E-state index contributed by atoms with van der Waals surface area (Å²) in [7, 11) is 0. The Morgan fingerprint density at radius 2 is 1.83 bits per heavy atom. The second kappa shape index (κ2) is 9.03. The van der Waals surface area contributed by atoms with Crippen molar-refractivity contribution in [2.75, 3.05) is 26.4 Å². The van der Waals surface area contributed by atoms with E-state index in [2.05, 4.69) is 21.4 Å². The summed E-state index contributed by atoms with van der Waals surface area (Å²) in [4.78, 5) is 32.8. The van der Waals surface area contributed by atoms with Crippen LogP contribution in [-0.4, -0.2) is 44.4 Å². The summed E-state index contributed by atoms with van der Waals surface area (Å²) in [6, 6.07) is 0. The largest absolute Gasteiger partial charge is 0.463 e. The van der Waals surface area contributed by atoms with Gasteiger partial charge in [0.05, 0.1) is 13.2 Å². The first-order chi connectivity index (χ1) is 8.47. The number of nitrogens with one attached hydrogen (secondary N) is 1. The van der Waals surface area contributed by atoms with Crippen molar-refractivity contribution in [3.63, 3.8) is 0 Å². The van der Waals surface area contributed by atoms with Crippen LogP contribution in [0.4, 0.5) is 4.79 Å². The Hall–Kier alpha value is -2.05. The van der Waals surface area contributed by atoms with Crippen LogP contribution in [0.3, 0.4) is 0 Å². The van der Waals surface area contributed by atoms with Gasteiger partial charge in [-0.1, -0.05) is 6.58 Å². The number of esters is 2. The molecule has 7 heteroatoms. The van der Waals surface area contributed by atoms with E-state index < -0.39 is 24.6 Å². The highest BCUT2D eigenvalue weighted by molar-refractivity contribution is 5.86. The number of carbonyl (C=O) groups excluding carboxylic acids is 3. The molecule has 1 N–H and O–H groups in total. The Morgan fingerprint density at radius 1 is 1.17 bits per heavy atom. The zero-order valence-corrected chi connectivity index (χ0v) is 10.5. The molecular formula is C11H17NO6. The third kappa shape index (κ3) is 8.14. The Balaban J connectivity index is 3.57. The van der Waals surface area contributed by atoms with Gasteiger partial charge in [-0.25, -0.2) is 14.4 Å². The Morgan fingerprint density at radius 3 is 2.39 bits per heavy atom. The lowest BCUT2D eigenvalue weighted by molar-refractivity contribution is -0.146. The average Bonchev–Trinajstić information content (AvgIpc) is 2.32. The van der Waals surface area contributed by atoms with Crippen molar-refractivity contribution in [2.24, 2.45) is 0 Å². The maximum atomic E-state index is 11.0. The molecule has 0 heterocycles. The van der Waals surface area contributed by atoms with Crippen molar-refractivity contribution in [2.45, 2.75) is 13.8 Å². The van der Waals surface area contributed by atoms with Crippen molar-refractivity contribution in [1.82, 2.24) is 5.32 Å². The van der Waals surface area contributed by atoms with Crippen LogP contribution in [0.5, 0.6) is 0 Å². The summed E-state index contributed by atoms with van der Waals surface area (Å²) in [6.07, 6.45) is -0.783. The molecule has 18 heavy (non-hydrogen) atoms. The fraction of sp³-hybridized carbons (Fsp3) is 0.545. The molecule has 0 aliphatic heterocycles. The number of alkyl carbamates (subject to hydrolysis) is 1. The molecule has 0 aromatic heterocycles. The van der Waals surface area contributed by atoms with E-state index in [1.807, 2.05) is 0 Å². The number of rotatable bonds is 7. The molecule has 102 valence electrons. The van der Waals surface area contributed by atoms with E-state index in [0.29, 0.717) is 0 Å². The molecule has 1 amide bonds. The minimum Gasteiger partial charge on any atom is -0.463 e. The molecule has 0 aromatic carbocycles. The van der Waals surface area contributed by atoms with E-state index in [1.54, 1.807) is 6.92 Å². The van der Waals surface area contributed by atoms with Crippen LogP contribution >= 0.6 is 0 Å². The topological polar surface area (TPSA) is 90.9 Å². The zero-order chi connectivity index (χ0) is 14.0. The SMILES string of the molecule is C=C(C)C(=O)OCCNC(=O)OCC(=O)OCC. The average molecular weight is 259 g/mol. The Labute approximate surface area is 105 Å². The van der Waals surface area contributed by atoms with Gasteiger partial charge in [0.25, 0.3) is 0 Å². The van der Waals surface area contributed by atoms with E-state index in [1.165, 1.54) is 6.92 Å². The maximum absolute atomic E-state index is 11.0. The molecule has 0 fully saturated rings. The van der Waals surface area contributed by atoms with Gasteiger partial charge in [-0.15, -0.1) is 0 Å².